The normalized spacial score (nSPS) is 10.9. The Kier molecular flexibility index (Phi) is 2.55. The highest BCUT2D eigenvalue weighted by Crippen LogP contribution is 2.20. The summed E-state index contributed by atoms with van der Waals surface area (Å²) in [4.78, 5) is 15.1. The fraction of sp³-hybridized carbons (Fsp3) is 0.300. The molecule has 0 radical (unpaired) electrons. The average Bonchev–Trinajstić information content (AvgIpc) is 2.67. The van der Waals surface area contributed by atoms with Crippen molar-refractivity contribution in [2.75, 3.05) is 0 Å². The summed E-state index contributed by atoms with van der Waals surface area (Å²) < 4.78 is 1.35. The molecule has 0 atom stereocenters. The highest BCUT2D eigenvalue weighted by molar-refractivity contribution is 6.30. The first-order valence-corrected chi connectivity index (χ1v) is 5.20. The number of carbonyl (C=O) groups is 1. The van der Waals surface area contributed by atoms with Gasteiger partial charge in [0.25, 0.3) is 0 Å². The number of aromatic nitrogens is 3. The summed E-state index contributed by atoms with van der Waals surface area (Å²) in [6, 6.07) is 1.41. The van der Waals surface area contributed by atoms with Crippen molar-refractivity contribution >= 4 is 23.2 Å². The Bertz CT molecular complexity index is 577. The molecule has 0 aromatic carbocycles. The Balaban J connectivity index is 2.77. The van der Waals surface area contributed by atoms with Gasteiger partial charge in [0.2, 0.25) is 0 Å². The van der Waals surface area contributed by atoms with Gasteiger partial charge in [0.15, 0.2) is 11.3 Å². The van der Waals surface area contributed by atoms with Crippen molar-refractivity contribution in [3.63, 3.8) is 0 Å². The highest BCUT2D eigenvalue weighted by Gasteiger charge is 2.14. The molecule has 2 aromatic rings. The van der Waals surface area contributed by atoms with Crippen LogP contribution in [0, 0.1) is 6.92 Å². The molecule has 0 spiro atoms. The van der Waals surface area contributed by atoms with Crippen LogP contribution in [0.4, 0.5) is 0 Å². The molecule has 5 nitrogen and oxygen atoms in total. The van der Waals surface area contributed by atoms with Crippen LogP contribution in [0.3, 0.4) is 0 Å². The number of hydrogen-bond donors (Lipinski definition) is 1. The quantitative estimate of drug-likeness (QED) is 0.814. The van der Waals surface area contributed by atoms with Crippen LogP contribution >= 0.6 is 11.6 Å². The lowest BCUT2D eigenvalue weighted by molar-refractivity contribution is 0.0690. The van der Waals surface area contributed by atoms with Gasteiger partial charge in [-0.2, -0.15) is 5.10 Å². The van der Waals surface area contributed by atoms with Crippen molar-refractivity contribution in [2.45, 2.75) is 20.3 Å². The third-order valence-electron chi connectivity index (χ3n) is 2.42. The molecule has 2 heterocycles. The standard InChI is InChI=1S/C10H10ClN3O2/c1-3-6-5(2)9(11)14-8(12-6)4-7(13-14)10(15)16/h4H,3H2,1-2H3,(H,15,16). The molecule has 2 rings (SSSR count). The monoisotopic (exact) mass is 239 g/mol. The van der Waals surface area contributed by atoms with Crippen LogP contribution < -0.4 is 0 Å². The van der Waals surface area contributed by atoms with Crippen molar-refractivity contribution < 1.29 is 9.90 Å². The van der Waals surface area contributed by atoms with Gasteiger partial charge in [0.1, 0.15) is 5.15 Å². The predicted molar refractivity (Wildman–Crippen MR) is 59.1 cm³/mol. The summed E-state index contributed by atoms with van der Waals surface area (Å²) in [7, 11) is 0. The van der Waals surface area contributed by atoms with E-state index in [9.17, 15) is 4.79 Å². The van der Waals surface area contributed by atoms with E-state index in [1.807, 2.05) is 13.8 Å². The number of nitrogens with zero attached hydrogens (tertiary/aromatic N) is 3. The summed E-state index contributed by atoms with van der Waals surface area (Å²) in [5.41, 5.74) is 2.10. The highest BCUT2D eigenvalue weighted by atomic mass is 35.5. The molecule has 84 valence electrons. The lowest BCUT2D eigenvalue weighted by Gasteiger charge is -2.05. The number of fused-ring (bicyclic) bond motifs is 1. The van der Waals surface area contributed by atoms with Gasteiger partial charge < -0.3 is 5.11 Å². The predicted octanol–water partition coefficient (Wildman–Crippen LogP) is 1.95. The smallest absolute Gasteiger partial charge is 0.356 e. The van der Waals surface area contributed by atoms with Gasteiger partial charge in [0.05, 0.1) is 0 Å². The minimum absolute atomic E-state index is 0.0537. The maximum Gasteiger partial charge on any atom is 0.356 e. The van der Waals surface area contributed by atoms with Crippen molar-refractivity contribution in [3.8, 4) is 0 Å². The summed E-state index contributed by atoms with van der Waals surface area (Å²) in [5, 5.41) is 13.1. The molecule has 0 amide bonds. The molecule has 0 unspecified atom stereocenters. The zero-order valence-corrected chi connectivity index (χ0v) is 9.62. The van der Waals surface area contributed by atoms with E-state index in [0.717, 1.165) is 17.7 Å². The number of carboxylic acids is 1. The minimum Gasteiger partial charge on any atom is -0.476 e. The molecule has 0 fully saturated rings. The summed E-state index contributed by atoms with van der Waals surface area (Å²) in [5.74, 6) is -1.09. The summed E-state index contributed by atoms with van der Waals surface area (Å²) in [6.07, 6.45) is 0.746. The van der Waals surface area contributed by atoms with Crippen molar-refractivity contribution in [2.24, 2.45) is 0 Å². The van der Waals surface area contributed by atoms with Gasteiger partial charge >= 0.3 is 5.97 Å². The van der Waals surface area contributed by atoms with Crippen molar-refractivity contribution in [3.05, 3.63) is 28.2 Å². The maximum atomic E-state index is 10.8. The van der Waals surface area contributed by atoms with Gasteiger partial charge in [-0.05, 0) is 13.3 Å². The molecule has 0 aliphatic heterocycles. The lowest BCUT2D eigenvalue weighted by atomic mass is 10.2. The first kappa shape index (κ1) is 10.9. The molecular weight excluding hydrogens is 230 g/mol. The van der Waals surface area contributed by atoms with Gasteiger partial charge in [-0.15, -0.1) is 0 Å². The Morgan fingerprint density at radius 3 is 2.88 bits per heavy atom. The Morgan fingerprint density at radius 1 is 1.62 bits per heavy atom. The molecule has 2 aromatic heterocycles. The van der Waals surface area contributed by atoms with E-state index < -0.39 is 5.97 Å². The number of rotatable bonds is 2. The third kappa shape index (κ3) is 1.53. The minimum atomic E-state index is -1.09. The molecule has 0 aliphatic rings. The molecule has 16 heavy (non-hydrogen) atoms. The lowest BCUT2D eigenvalue weighted by Crippen LogP contribution is -2.02. The van der Waals surface area contributed by atoms with Gasteiger partial charge in [-0.25, -0.2) is 14.3 Å². The van der Waals surface area contributed by atoms with E-state index in [-0.39, 0.29) is 5.69 Å². The van der Waals surface area contributed by atoms with Gasteiger partial charge in [0, 0.05) is 17.3 Å². The Labute approximate surface area is 96.7 Å². The van der Waals surface area contributed by atoms with Crippen LogP contribution in [-0.4, -0.2) is 25.7 Å². The second kappa shape index (κ2) is 3.75. The average molecular weight is 240 g/mol. The van der Waals surface area contributed by atoms with Crippen LogP contribution in [0.1, 0.15) is 28.7 Å². The van der Waals surface area contributed by atoms with E-state index in [4.69, 9.17) is 16.7 Å². The van der Waals surface area contributed by atoms with Crippen molar-refractivity contribution in [1.82, 2.24) is 14.6 Å². The van der Waals surface area contributed by atoms with E-state index in [2.05, 4.69) is 10.1 Å². The molecule has 0 aliphatic carbocycles. The van der Waals surface area contributed by atoms with E-state index in [1.165, 1.54) is 10.6 Å². The Morgan fingerprint density at radius 2 is 2.31 bits per heavy atom. The fourth-order valence-corrected chi connectivity index (χ4v) is 1.78. The zero-order chi connectivity index (χ0) is 11.9. The summed E-state index contributed by atoms with van der Waals surface area (Å²) in [6.45, 7) is 3.81. The topological polar surface area (TPSA) is 67.5 Å². The first-order valence-electron chi connectivity index (χ1n) is 4.82. The largest absolute Gasteiger partial charge is 0.476 e. The second-order valence-corrected chi connectivity index (χ2v) is 3.79. The fourth-order valence-electron chi connectivity index (χ4n) is 1.54. The summed E-state index contributed by atoms with van der Waals surface area (Å²) >= 11 is 6.10. The number of halogens is 1. The number of aromatic carboxylic acids is 1. The molecular formula is C10H10ClN3O2. The van der Waals surface area contributed by atoms with Crippen LogP contribution in [0.15, 0.2) is 6.07 Å². The molecule has 6 heteroatoms. The van der Waals surface area contributed by atoms with Gasteiger partial charge in [-0.1, -0.05) is 18.5 Å². The number of hydrogen-bond acceptors (Lipinski definition) is 3. The molecule has 0 saturated carbocycles. The first-order chi connectivity index (χ1) is 7.54. The maximum absolute atomic E-state index is 10.8. The van der Waals surface area contributed by atoms with Crippen molar-refractivity contribution in [1.29, 1.82) is 0 Å². The third-order valence-corrected chi connectivity index (χ3v) is 2.87. The SMILES string of the molecule is CCc1nc2cc(C(=O)O)nn2c(Cl)c1C. The molecule has 0 saturated heterocycles. The molecule has 1 N–H and O–H groups in total. The van der Waals surface area contributed by atoms with E-state index in [1.54, 1.807) is 0 Å². The second-order valence-electron chi connectivity index (χ2n) is 3.43. The zero-order valence-electron chi connectivity index (χ0n) is 8.86. The molecule has 0 bridgehead atoms. The van der Waals surface area contributed by atoms with Crippen LogP contribution in [-0.2, 0) is 6.42 Å². The van der Waals surface area contributed by atoms with Gasteiger partial charge in [-0.3, -0.25) is 0 Å². The van der Waals surface area contributed by atoms with Crippen LogP contribution in [0.2, 0.25) is 5.15 Å². The van der Waals surface area contributed by atoms with E-state index in [0.29, 0.717) is 10.8 Å². The van der Waals surface area contributed by atoms with Crippen LogP contribution in [0.25, 0.3) is 5.65 Å². The van der Waals surface area contributed by atoms with Crippen LogP contribution in [0.5, 0.6) is 0 Å². The Hall–Kier alpha value is -1.62. The van der Waals surface area contributed by atoms with E-state index >= 15 is 0 Å². The number of carboxylic acid groups (broad SMARTS) is 1. The number of aryl methyl sites for hydroxylation is 1.